The Balaban J connectivity index is 1.50. The Hall–Kier alpha value is -3.47. The molecule has 0 saturated carbocycles. The Morgan fingerprint density at radius 2 is 2.06 bits per heavy atom. The van der Waals surface area contributed by atoms with E-state index in [0.717, 1.165) is 17.5 Å². The number of carbonyl (C=O) groups excluding carboxylic acids is 1. The first kappa shape index (κ1) is 22.3. The van der Waals surface area contributed by atoms with Gasteiger partial charge in [0, 0.05) is 25.1 Å². The highest BCUT2D eigenvalue weighted by Gasteiger charge is 2.40. The molecule has 8 nitrogen and oxygen atoms in total. The molecular weight excluding hydrogens is 451 g/mol. The lowest BCUT2D eigenvalue weighted by Gasteiger charge is -2.27. The molecule has 2 aliphatic rings. The van der Waals surface area contributed by atoms with Crippen molar-refractivity contribution in [3.8, 4) is 5.88 Å². The van der Waals surface area contributed by atoms with E-state index in [0.29, 0.717) is 25.5 Å². The predicted molar refractivity (Wildman–Crippen MR) is 115 cm³/mol. The van der Waals surface area contributed by atoms with Crippen LogP contribution < -0.4 is 9.64 Å². The molecule has 1 saturated heterocycles. The van der Waals surface area contributed by atoms with Crippen molar-refractivity contribution in [2.75, 3.05) is 18.1 Å². The zero-order chi connectivity index (χ0) is 24.0. The van der Waals surface area contributed by atoms with Crippen molar-refractivity contribution in [3.05, 3.63) is 64.7 Å². The van der Waals surface area contributed by atoms with Crippen LogP contribution in [0.15, 0.2) is 36.7 Å². The van der Waals surface area contributed by atoms with Crippen LogP contribution in [0.4, 0.5) is 19.0 Å². The average Bonchev–Trinajstić information content (AvgIpc) is 3.32. The maximum Gasteiger partial charge on any atom is 0.416 e. The summed E-state index contributed by atoms with van der Waals surface area (Å²) in [5, 5.41) is 8.03. The summed E-state index contributed by atoms with van der Waals surface area (Å²) in [7, 11) is 1.85. The zero-order valence-corrected chi connectivity index (χ0v) is 18.5. The number of alkyl halides is 3. The number of ether oxygens (including phenoxy) is 2. The van der Waals surface area contributed by atoms with Crippen LogP contribution in [0, 0.1) is 0 Å². The van der Waals surface area contributed by atoms with Crippen LogP contribution in [0.2, 0.25) is 0 Å². The lowest BCUT2D eigenvalue weighted by molar-refractivity contribution is -0.138. The van der Waals surface area contributed by atoms with Gasteiger partial charge in [-0.25, -0.2) is 0 Å². The number of aryl methyl sites for hydroxylation is 1. The summed E-state index contributed by atoms with van der Waals surface area (Å²) in [6, 6.07) is 7.17. The average molecular weight is 473 g/mol. The maximum atomic E-state index is 13.5. The van der Waals surface area contributed by atoms with Gasteiger partial charge >= 0.3 is 6.18 Å². The lowest BCUT2D eigenvalue weighted by atomic mass is 9.98. The number of hydrogen-bond acceptors (Lipinski definition) is 6. The van der Waals surface area contributed by atoms with Crippen LogP contribution in [-0.2, 0) is 30.9 Å². The van der Waals surface area contributed by atoms with E-state index >= 15 is 0 Å². The molecule has 0 aliphatic carbocycles. The number of anilines is 1. The van der Waals surface area contributed by atoms with Gasteiger partial charge in [0.15, 0.2) is 0 Å². The molecule has 1 aromatic carbocycles. The van der Waals surface area contributed by atoms with Gasteiger partial charge in [0.25, 0.3) is 5.91 Å². The Labute approximate surface area is 193 Å². The molecule has 0 bridgehead atoms. The molecule has 1 fully saturated rings. The summed E-state index contributed by atoms with van der Waals surface area (Å²) in [5.74, 6) is 0.748. The third kappa shape index (κ3) is 4.11. The minimum absolute atomic E-state index is 0.0315. The van der Waals surface area contributed by atoms with Crippen LogP contribution >= 0.6 is 0 Å². The van der Waals surface area contributed by atoms with Gasteiger partial charge in [-0.05, 0) is 35.2 Å². The summed E-state index contributed by atoms with van der Waals surface area (Å²) in [6.45, 7) is 2.63. The molecule has 2 aromatic heterocycles. The minimum Gasteiger partial charge on any atom is -0.469 e. The van der Waals surface area contributed by atoms with E-state index in [4.69, 9.17) is 9.47 Å². The van der Waals surface area contributed by atoms with E-state index in [9.17, 15) is 18.0 Å². The number of nitrogens with zero attached hydrogens (tertiary/aromatic N) is 5. The fourth-order valence-electron chi connectivity index (χ4n) is 4.11. The van der Waals surface area contributed by atoms with E-state index in [1.807, 2.05) is 18.5 Å². The van der Waals surface area contributed by atoms with E-state index in [1.165, 1.54) is 17.0 Å². The van der Waals surface area contributed by atoms with Gasteiger partial charge in [-0.2, -0.15) is 18.2 Å². The Kier molecular flexibility index (Phi) is 5.51. The molecule has 3 aromatic rings. The van der Waals surface area contributed by atoms with Gasteiger partial charge in [0.2, 0.25) is 5.88 Å². The molecule has 1 amide bonds. The van der Waals surface area contributed by atoms with Gasteiger partial charge in [0.1, 0.15) is 24.1 Å². The van der Waals surface area contributed by atoms with E-state index in [-0.39, 0.29) is 35.5 Å². The highest BCUT2D eigenvalue weighted by Crippen LogP contribution is 2.39. The van der Waals surface area contributed by atoms with E-state index in [1.54, 1.807) is 18.5 Å². The number of halogens is 3. The summed E-state index contributed by atoms with van der Waals surface area (Å²) < 4.78 is 53.5. The van der Waals surface area contributed by atoms with Crippen molar-refractivity contribution < 1.29 is 27.4 Å². The van der Waals surface area contributed by atoms with E-state index in [2.05, 4.69) is 15.2 Å². The number of hydrogen-bond donors (Lipinski definition) is 0. The number of rotatable bonds is 6. The van der Waals surface area contributed by atoms with Crippen LogP contribution in [0.5, 0.6) is 5.88 Å². The first-order valence-corrected chi connectivity index (χ1v) is 10.8. The second kappa shape index (κ2) is 8.39. The molecule has 11 heteroatoms. The number of fused-ring (bicyclic) bond motifs is 1. The van der Waals surface area contributed by atoms with Gasteiger partial charge in [0.05, 0.1) is 25.3 Å². The Morgan fingerprint density at radius 1 is 1.26 bits per heavy atom. The molecule has 34 heavy (non-hydrogen) atoms. The standard InChI is InChI=1S/C23H22F3N5O3/c1-13(6-20-29-27-12-30(20)2)14-7-19(28-21(8-14)34-15-10-33-11-15)31-9-17-16(22(31)32)4-3-5-18(17)23(24,25)26/h3-5,7-8,12-13,15H,6,9-11H2,1-2H3. The van der Waals surface area contributed by atoms with Crippen molar-refractivity contribution in [1.82, 2.24) is 19.7 Å². The second-order valence-electron chi connectivity index (χ2n) is 8.56. The van der Waals surface area contributed by atoms with Crippen molar-refractivity contribution in [2.24, 2.45) is 7.05 Å². The Bertz CT molecular complexity index is 1240. The Morgan fingerprint density at radius 3 is 2.71 bits per heavy atom. The topological polar surface area (TPSA) is 82.4 Å². The van der Waals surface area contributed by atoms with Crippen LogP contribution in [0.3, 0.4) is 0 Å². The number of aromatic nitrogens is 4. The molecule has 4 heterocycles. The van der Waals surface area contributed by atoms with Gasteiger partial charge in [-0.1, -0.05) is 13.0 Å². The van der Waals surface area contributed by atoms with Crippen molar-refractivity contribution in [2.45, 2.75) is 38.1 Å². The SMILES string of the molecule is CC(Cc1nncn1C)c1cc(OC2COC2)nc(N2Cc3c(cccc3C(F)(F)F)C2=O)c1. The largest absolute Gasteiger partial charge is 0.469 e. The number of pyridine rings is 1. The molecule has 1 atom stereocenters. The molecular formula is C23H22F3N5O3. The molecule has 0 radical (unpaired) electrons. The van der Waals surface area contributed by atoms with Crippen molar-refractivity contribution in [3.63, 3.8) is 0 Å². The molecule has 1 unspecified atom stereocenters. The summed E-state index contributed by atoms with van der Waals surface area (Å²) in [4.78, 5) is 18.8. The van der Waals surface area contributed by atoms with Crippen LogP contribution in [0.1, 0.15) is 45.7 Å². The number of benzene rings is 1. The molecule has 2 aliphatic heterocycles. The molecule has 178 valence electrons. The minimum atomic E-state index is -4.56. The van der Waals surface area contributed by atoms with Gasteiger partial charge in [-0.3, -0.25) is 9.69 Å². The van der Waals surface area contributed by atoms with E-state index < -0.39 is 17.6 Å². The molecule has 5 rings (SSSR count). The molecule has 0 spiro atoms. The highest BCUT2D eigenvalue weighted by atomic mass is 19.4. The fourth-order valence-corrected chi connectivity index (χ4v) is 4.11. The summed E-state index contributed by atoms with van der Waals surface area (Å²) in [6.07, 6.45) is -2.53. The number of carbonyl (C=O) groups is 1. The maximum absolute atomic E-state index is 13.5. The van der Waals surface area contributed by atoms with Crippen LogP contribution in [0.25, 0.3) is 0 Å². The van der Waals surface area contributed by atoms with Gasteiger partial charge in [-0.15, -0.1) is 10.2 Å². The van der Waals surface area contributed by atoms with Crippen molar-refractivity contribution in [1.29, 1.82) is 0 Å². The number of amides is 1. The van der Waals surface area contributed by atoms with Crippen LogP contribution in [-0.4, -0.2) is 45.0 Å². The van der Waals surface area contributed by atoms with Gasteiger partial charge < -0.3 is 14.0 Å². The third-order valence-electron chi connectivity index (χ3n) is 6.12. The quantitative estimate of drug-likeness (QED) is 0.545. The smallest absolute Gasteiger partial charge is 0.416 e. The zero-order valence-electron chi connectivity index (χ0n) is 18.5. The highest BCUT2D eigenvalue weighted by molar-refractivity contribution is 6.09. The summed E-state index contributed by atoms with van der Waals surface area (Å²) >= 11 is 0. The normalized spacial score (nSPS) is 17.0. The first-order valence-electron chi connectivity index (χ1n) is 10.8. The second-order valence-corrected chi connectivity index (χ2v) is 8.56. The summed E-state index contributed by atoms with van der Waals surface area (Å²) in [5.41, 5.74) is -0.00277. The third-order valence-corrected chi connectivity index (χ3v) is 6.12. The fraction of sp³-hybridized carbons (Fsp3) is 0.391. The predicted octanol–water partition coefficient (Wildman–Crippen LogP) is 3.51. The first-order chi connectivity index (χ1) is 16.2. The lowest BCUT2D eigenvalue weighted by Crippen LogP contribution is -2.39. The molecule has 0 N–H and O–H groups in total. The monoisotopic (exact) mass is 473 g/mol. The van der Waals surface area contributed by atoms with Crippen molar-refractivity contribution >= 4 is 11.7 Å².